The monoisotopic (exact) mass is 487 g/mol. The summed E-state index contributed by atoms with van der Waals surface area (Å²) in [5, 5.41) is 4.43. The highest BCUT2D eigenvalue weighted by Gasteiger charge is 2.15. The number of furan rings is 2. The highest BCUT2D eigenvalue weighted by molar-refractivity contribution is 6.12. The van der Waals surface area contributed by atoms with Gasteiger partial charge in [-0.05, 0) is 48.0 Å². The van der Waals surface area contributed by atoms with E-state index >= 15 is 0 Å². The molecule has 0 atom stereocenters. The molecule has 0 amide bonds. The fraction of sp³-hybridized carbons (Fsp3) is 0. The largest absolute Gasteiger partial charge is 0.456 e. The van der Waals surface area contributed by atoms with Crippen LogP contribution in [0.5, 0.6) is 0 Å². The Morgan fingerprint density at radius 1 is 0.395 bits per heavy atom. The zero-order chi connectivity index (χ0) is 25.1. The van der Waals surface area contributed by atoms with E-state index in [0.717, 1.165) is 77.5 Å². The first kappa shape index (κ1) is 21.0. The topological polar surface area (TPSA) is 39.2 Å². The standard InChI is InChI=1S/C35H21NO2/c1-2-8-22(9-3-1)30-13-7-14-31(36-30)24-16-18-27-28-12-6-11-25(35(28)38-34(27)21-24)23-17-19-33-29(20-23)26-10-4-5-15-32(26)37-33/h1-21H. The molecule has 0 aliphatic rings. The van der Waals surface area contributed by atoms with Crippen molar-refractivity contribution in [3.8, 4) is 33.6 Å². The van der Waals surface area contributed by atoms with Crippen molar-refractivity contribution in [3.63, 3.8) is 0 Å². The van der Waals surface area contributed by atoms with Crippen LogP contribution in [0.3, 0.4) is 0 Å². The number of pyridine rings is 1. The zero-order valence-corrected chi connectivity index (χ0v) is 20.4. The van der Waals surface area contributed by atoms with Crippen molar-refractivity contribution in [3.05, 3.63) is 127 Å². The first-order chi connectivity index (χ1) is 18.8. The summed E-state index contributed by atoms with van der Waals surface area (Å²) in [6.07, 6.45) is 0. The average Bonchev–Trinajstić information content (AvgIpc) is 3.55. The Kier molecular flexibility index (Phi) is 4.52. The summed E-state index contributed by atoms with van der Waals surface area (Å²) in [5.74, 6) is 0. The van der Waals surface area contributed by atoms with Gasteiger partial charge in [-0.15, -0.1) is 0 Å². The zero-order valence-electron chi connectivity index (χ0n) is 20.4. The number of benzene rings is 5. The molecule has 0 N–H and O–H groups in total. The summed E-state index contributed by atoms with van der Waals surface area (Å²) in [4.78, 5) is 4.94. The molecule has 0 spiro atoms. The molecule has 0 saturated heterocycles. The van der Waals surface area contributed by atoms with Gasteiger partial charge >= 0.3 is 0 Å². The maximum atomic E-state index is 6.54. The highest BCUT2D eigenvalue weighted by atomic mass is 16.3. The van der Waals surface area contributed by atoms with Gasteiger partial charge in [0.1, 0.15) is 22.3 Å². The number of fused-ring (bicyclic) bond motifs is 6. The van der Waals surface area contributed by atoms with Crippen LogP contribution < -0.4 is 0 Å². The lowest BCUT2D eigenvalue weighted by Gasteiger charge is -2.05. The number of nitrogens with zero attached hydrogens (tertiary/aromatic N) is 1. The van der Waals surface area contributed by atoms with Gasteiger partial charge in [0.25, 0.3) is 0 Å². The normalized spacial score (nSPS) is 11.7. The lowest BCUT2D eigenvalue weighted by atomic mass is 10.00. The molecule has 3 aromatic heterocycles. The van der Waals surface area contributed by atoms with E-state index < -0.39 is 0 Å². The van der Waals surface area contributed by atoms with Gasteiger partial charge in [-0.1, -0.05) is 84.9 Å². The Morgan fingerprint density at radius 3 is 2.03 bits per heavy atom. The summed E-state index contributed by atoms with van der Waals surface area (Å²) < 4.78 is 12.6. The van der Waals surface area contributed by atoms with Crippen molar-refractivity contribution in [2.45, 2.75) is 0 Å². The Hall–Kier alpha value is -5.15. The lowest BCUT2D eigenvalue weighted by Crippen LogP contribution is -1.87. The number of rotatable bonds is 3. The quantitative estimate of drug-likeness (QED) is 0.249. The van der Waals surface area contributed by atoms with Crippen molar-refractivity contribution in [2.75, 3.05) is 0 Å². The molecule has 0 saturated carbocycles. The molecule has 3 heteroatoms. The van der Waals surface area contributed by atoms with Gasteiger partial charge in [-0.25, -0.2) is 4.98 Å². The van der Waals surface area contributed by atoms with Crippen LogP contribution in [0.25, 0.3) is 77.5 Å². The van der Waals surface area contributed by atoms with E-state index in [4.69, 9.17) is 13.8 Å². The van der Waals surface area contributed by atoms with Crippen molar-refractivity contribution < 1.29 is 8.83 Å². The van der Waals surface area contributed by atoms with Crippen molar-refractivity contribution in [1.82, 2.24) is 4.98 Å². The van der Waals surface area contributed by atoms with Crippen LogP contribution in [0.15, 0.2) is 136 Å². The Morgan fingerprint density at radius 2 is 1.11 bits per heavy atom. The molecular weight excluding hydrogens is 466 g/mol. The van der Waals surface area contributed by atoms with Crippen molar-refractivity contribution >= 4 is 43.9 Å². The van der Waals surface area contributed by atoms with Crippen LogP contribution in [0.2, 0.25) is 0 Å². The minimum atomic E-state index is 0.853. The van der Waals surface area contributed by atoms with Crippen LogP contribution in [0.4, 0.5) is 0 Å². The van der Waals surface area contributed by atoms with Gasteiger partial charge in [0.15, 0.2) is 0 Å². The van der Waals surface area contributed by atoms with Crippen LogP contribution in [0.1, 0.15) is 0 Å². The van der Waals surface area contributed by atoms with Crippen LogP contribution in [-0.4, -0.2) is 4.98 Å². The second-order valence-corrected chi connectivity index (χ2v) is 9.58. The van der Waals surface area contributed by atoms with E-state index in [1.807, 2.05) is 48.5 Å². The smallest absolute Gasteiger partial charge is 0.143 e. The summed E-state index contributed by atoms with van der Waals surface area (Å²) >= 11 is 0. The summed E-state index contributed by atoms with van der Waals surface area (Å²) in [7, 11) is 0. The molecule has 0 unspecified atom stereocenters. The van der Waals surface area contributed by atoms with Gasteiger partial charge in [0.05, 0.1) is 11.4 Å². The SMILES string of the molecule is c1ccc(-c2cccc(-c3ccc4c(c3)oc3c(-c5ccc6oc7ccccc7c6c5)cccc34)n2)cc1. The third-order valence-electron chi connectivity index (χ3n) is 7.30. The van der Waals surface area contributed by atoms with Crippen molar-refractivity contribution in [2.24, 2.45) is 0 Å². The summed E-state index contributed by atoms with van der Waals surface area (Å²) in [6.45, 7) is 0. The predicted octanol–water partition coefficient (Wildman–Crippen LogP) is 9.88. The minimum Gasteiger partial charge on any atom is -0.456 e. The Bertz CT molecular complexity index is 2130. The average molecular weight is 488 g/mol. The molecule has 0 bridgehead atoms. The van der Waals surface area contributed by atoms with E-state index in [1.54, 1.807) is 0 Å². The fourth-order valence-corrected chi connectivity index (χ4v) is 5.44. The van der Waals surface area contributed by atoms with E-state index in [0.29, 0.717) is 0 Å². The predicted molar refractivity (Wildman–Crippen MR) is 155 cm³/mol. The van der Waals surface area contributed by atoms with Crippen LogP contribution in [0, 0.1) is 0 Å². The summed E-state index contributed by atoms with van der Waals surface area (Å²) in [5.41, 5.74) is 9.71. The summed E-state index contributed by atoms with van der Waals surface area (Å²) in [6, 6.07) is 43.7. The number of aromatic nitrogens is 1. The van der Waals surface area contributed by atoms with Crippen LogP contribution in [-0.2, 0) is 0 Å². The number of hydrogen-bond acceptors (Lipinski definition) is 3. The first-order valence-corrected chi connectivity index (χ1v) is 12.7. The van der Waals surface area contributed by atoms with Crippen molar-refractivity contribution in [1.29, 1.82) is 0 Å². The van der Waals surface area contributed by atoms with E-state index in [9.17, 15) is 0 Å². The van der Waals surface area contributed by atoms with E-state index in [-0.39, 0.29) is 0 Å². The van der Waals surface area contributed by atoms with E-state index in [1.165, 1.54) is 0 Å². The highest BCUT2D eigenvalue weighted by Crippen LogP contribution is 2.39. The third kappa shape index (κ3) is 3.26. The molecular formula is C35H21NO2. The second-order valence-electron chi connectivity index (χ2n) is 9.58. The Balaban J connectivity index is 1.27. The first-order valence-electron chi connectivity index (χ1n) is 12.7. The van der Waals surface area contributed by atoms with Gasteiger partial charge in [-0.2, -0.15) is 0 Å². The molecule has 0 fully saturated rings. The van der Waals surface area contributed by atoms with Gasteiger partial charge in [-0.3, -0.25) is 0 Å². The molecule has 0 radical (unpaired) electrons. The minimum absolute atomic E-state index is 0.853. The number of para-hydroxylation sites is 2. The van der Waals surface area contributed by atoms with Gasteiger partial charge in [0, 0.05) is 38.2 Å². The van der Waals surface area contributed by atoms with Crippen LogP contribution >= 0.6 is 0 Å². The molecule has 0 aliphatic carbocycles. The molecule has 3 nitrogen and oxygen atoms in total. The Labute approximate surface area is 218 Å². The number of hydrogen-bond donors (Lipinski definition) is 0. The van der Waals surface area contributed by atoms with Gasteiger partial charge in [0.2, 0.25) is 0 Å². The van der Waals surface area contributed by atoms with Gasteiger partial charge < -0.3 is 8.83 Å². The third-order valence-corrected chi connectivity index (χ3v) is 7.30. The molecule has 178 valence electrons. The lowest BCUT2D eigenvalue weighted by molar-refractivity contribution is 0.668. The van der Waals surface area contributed by atoms with E-state index in [2.05, 4.69) is 78.9 Å². The molecule has 5 aromatic carbocycles. The molecule has 3 heterocycles. The second kappa shape index (κ2) is 8.19. The fourth-order valence-electron chi connectivity index (χ4n) is 5.44. The molecule has 0 aliphatic heterocycles. The molecule has 38 heavy (non-hydrogen) atoms. The molecule has 8 aromatic rings. The maximum absolute atomic E-state index is 6.54. The molecule has 8 rings (SSSR count). The maximum Gasteiger partial charge on any atom is 0.143 e.